The molecule has 0 spiro atoms. The summed E-state index contributed by atoms with van der Waals surface area (Å²) in [6.07, 6.45) is 10.3. The molecule has 1 saturated heterocycles. The van der Waals surface area contributed by atoms with E-state index in [1.165, 1.54) is 38.5 Å². The zero-order chi connectivity index (χ0) is 13.0. The lowest BCUT2D eigenvalue weighted by atomic mass is 9.93. The van der Waals surface area contributed by atoms with Gasteiger partial charge in [-0.25, -0.2) is 0 Å². The van der Waals surface area contributed by atoms with Crippen molar-refractivity contribution >= 4 is 0 Å². The van der Waals surface area contributed by atoms with Crippen LogP contribution in [0.5, 0.6) is 0 Å². The summed E-state index contributed by atoms with van der Waals surface area (Å²) in [5, 5.41) is 9.72. The molecule has 3 atom stereocenters. The number of nitrogens with two attached hydrogens (primary N) is 1. The van der Waals surface area contributed by atoms with Gasteiger partial charge in [0, 0.05) is 18.1 Å². The fraction of sp³-hybridized carbons (Fsp3) is 1.00. The number of rotatable bonds is 6. The first kappa shape index (κ1) is 14.3. The third kappa shape index (κ3) is 3.06. The van der Waals surface area contributed by atoms with E-state index < -0.39 is 0 Å². The number of hydrogen-bond donors (Lipinski definition) is 2. The van der Waals surface area contributed by atoms with Crippen LogP contribution < -0.4 is 5.73 Å². The van der Waals surface area contributed by atoms with E-state index in [-0.39, 0.29) is 18.7 Å². The highest BCUT2D eigenvalue weighted by atomic mass is 16.3. The fourth-order valence-electron chi connectivity index (χ4n) is 4.09. The summed E-state index contributed by atoms with van der Waals surface area (Å²) in [6.45, 7) is 3.54. The third-order valence-corrected chi connectivity index (χ3v) is 5.02. The molecule has 2 rings (SSSR count). The fourth-order valence-corrected chi connectivity index (χ4v) is 4.09. The topological polar surface area (TPSA) is 49.5 Å². The van der Waals surface area contributed by atoms with Crippen LogP contribution in [0, 0.1) is 5.92 Å². The number of hydrogen-bond acceptors (Lipinski definition) is 3. The summed E-state index contributed by atoms with van der Waals surface area (Å²) in [7, 11) is 0. The Balaban J connectivity index is 1.99. The minimum Gasteiger partial charge on any atom is -0.395 e. The monoisotopic (exact) mass is 254 g/mol. The van der Waals surface area contributed by atoms with Gasteiger partial charge < -0.3 is 10.8 Å². The molecule has 0 aromatic carbocycles. The lowest BCUT2D eigenvalue weighted by molar-refractivity contribution is 0.0691. The van der Waals surface area contributed by atoms with Crippen molar-refractivity contribution in [3.63, 3.8) is 0 Å². The van der Waals surface area contributed by atoms with E-state index in [1.807, 2.05) is 0 Å². The predicted molar refractivity (Wildman–Crippen MR) is 75.4 cm³/mol. The summed E-state index contributed by atoms with van der Waals surface area (Å²) in [6, 6.07) is 1.03. The molecule has 3 heteroatoms. The Morgan fingerprint density at radius 1 is 1.22 bits per heavy atom. The quantitative estimate of drug-likeness (QED) is 0.763. The maximum Gasteiger partial charge on any atom is 0.0602 e. The predicted octanol–water partition coefficient (Wildman–Crippen LogP) is 2.13. The van der Waals surface area contributed by atoms with E-state index in [2.05, 4.69) is 11.8 Å². The van der Waals surface area contributed by atoms with Crippen LogP contribution in [0.25, 0.3) is 0 Å². The van der Waals surface area contributed by atoms with Gasteiger partial charge in [-0.2, -0.15) is 0 Å². The summed E-state index contributed by atoms with van der Waals surface area (Å²) < 4.78 is 0. The molecule has 106 valence electrons. The minimum atomic E-state index is 0.141. The minimum absolute atomic E-state index is 0.141. The molecule has 18 heavy (non-hydrogen) atoms. The van der Waals surface area contributed by atoms with E-state index >= 15 is 0 Å². The zero-order valence-corrected chi connectivity index (χ0v) is 11.9. The number of aliphatic hydroxyl groups excluding tert-OH is 1. The molecule has 1 saturated carbocycles. The molecule has 2 aliphatic rings. The zero-order valence-electron chi connectivity index (χ0n) is 11.9. The Labute approximate surface area is 112 Å². The number of nitrogens with zero attached hydrogens (tertiary/aromatic N) is 1. The van der Waals surface area contributed by atoms with Gasteiger partial charge in [-0.05, 0) is 44.6 Å². The van der Waals surface area contributed by atoms with Gasteiger partial charge in [0.2, 0.25) is 0 Å². The molecule has 3 nitrogen and oxygen atoms in total. The van der Waals surface area contributed by atoms with Crippen molar-refractivity contribution in [2.24, 2.45) is 11.7 Å². The van der Waals surface area contributed by atoms with Crippen LogP contribution in [-0.4, -0.2) is 41.3 Å². The van der Waals surface area contributed by atoms with Crippen LogP contribution >= 0.6 is 0 Å². The third-order valence-electron chi connectivity index (χ3n) is 5.02. The van der Waals surface area contributed by atoms with Crippen LogP contribution in [0.1, 0.15) is 58.3 Å². The maximum atomic E-state index is 9.72. The average Bonchev–Trinajstić information content (AvgIpc) is 2.99. The molecule has 2 fully saturated rings. The van der Waals surface area contributed by atoms with Crippen molar-refractivity contribution in [2.75, 3.05) is 13.2 Å². The highest BCUT2D eigenvalue weighted by Gasteiger charge is 2.38. The molecular weight excluding hydrogens is 224 g/mol. The molecule has 0 radical (unpaired) electrons. The van der Waals surface area contributed by atoms with Gasteiger partial charge in [0.15, 0.2) is 0 Å². The summed E-state index contributed by atoms with van der Waals surface area (Å²) in [5.41, 5.74) is 6.28. The molecule has 1 aliphatic carbocycles. The Morgan fingerprint density at radius 2 is 1.94 bits per heavy atom. The van der Waals surface area contributed by atoms with Crippen LogP contribution in [0.15, 0.2) is 0 Å². The van der Waals surface area contributed by atoms with Crippen molar-refractivity contribution in [3.05, 3.63) is 0 Å². The van der Waals surface area contributed by atoms with Crippen molar-refractivity contribution in [3.8, 4) is 0 Å². The molecule has 3 unspecified atom stereocenters. The lowest BCUT2D eigenvalue weighted by Gasteiger charge is -2.38. The standard InChI is InChI=1S/C15H30N2O/c1-2-6-13(16)15(11-18)17-10-5-9-14(17)12-7-3-4-8-12/h12-15,18H,2-11,16H2,1H3. The SMILES string of the molecule is CCCC(N)C(CO)N1CCCC1C1CCCC1. The Kier molecular flexibility index (Phi) is 5.46. The van der Waals surface area contributed by atoms with Crippen molar-refractivity contribution in [1.82, 2.24) is 4.90 Å². The maximum absolute atomic E-state index is 9.72. The molecule has 0 bridgehead atoms. The second-order valence-electron chi connectivity index (χ2n) is 6.19. The molecule has 0 aromatic heterocycles. The van der Waals surface area contributed by atoms with Crippen molar-refractivity contribution in [2.45, 2.75) is 76.4 Å². The normalized spacial score (nSPS) is 29.8. The second kappa shape index (κ2) is 6.88. The van der Waals surface area contributed by atoms with E-state index in [9.17, 15) is 5.11 Å². The Morgan fingerprint density at radius 3 is 2.56 bits per heavy atom. The first-order chi connectivity index (χ1) is 8.77. The summed E-state index contributed by atoms with van der Waals surface area (Å²) in [4.78, 5) is 2.55. The molecular formula is C15H30N2O. The van der Waals surface area contributed by atoms with Crippen LogP contribution in [0.3, 0.4) is 0 Å². The van der Waals surface area contributed by atoms with Gasteiger partial charge in [-0.3, -0.25) is 4.90 Å². The molecule has 0 aromatic rings. The van der Waals surface area contributed by atoms with E-state index in [4.69, 9.17) is 5.73 Å². The van der Waals surface area contributed by atoms with Gasteiger partial charge in [0.05, 0.1) is 6.61 Å². The van der Waals surface area contributed by atoms with E-state index in [0.717, 1.165) is 25.3 Å². The Hall–Kier alpha value is -0.120. The van der Waals surface area contributed by atoms with Gasteiger partial charge in [-0.15, -0.1) is 0 Å². The summed E-state index contributed by atoms with van der Waals surface area (Å²) >= 11 is 0. The van der Waals surface area contributed by atoms with Crippen molar-refractivity contribution < 1.29 is 5.11 Å². The van der Waals surface area contributed by atoms with Crippen LogP contribution in [-0.2, 0) is 0 Å². The Bertz CT molecular complexity index is 241. The average molecular weight is 254 g/mol. The van der Waals surface area contributed by atoms with Crippen LogP contribution in [0.4, 0.5) is 0 Å². The van der Waals surface area contributed by atoms with Crippen molar-refractivity contribution in [1.29, 1.82) is 0 Å². The van der Waals surface area contributed by atoms with Gasteiger partial charge in [-0.1, -0.05) is 26.2 Å². The smallest absolute Gasteiger partial charge is 0.0602 e. The van der Waals surface area contributed by atoms with Gasteiger partial charge in [0.25, 0.3) is 0 Å². The number of aliphatic hydroxyl groups is 1. The molecule has 1 heterocycles. The van der Waals surface area contributed by atoms with E-state index in [1.54, 1.807) is 0 Å². The van der Waals surface area contributed by atoms with Crippen LogP contribution in [0.2, 0.25) is 0 Å². The van der Waals surface area contributed by atoms with Gasteiger partial charge >= 0.3 is 0 Å². The van der Waals surface area contributed by atoms with Gasteiger partial charge in [0.1, 0.15) is 0 Å². The summed E-state index contributed by atoms with van der Waals surface area (Å²) in [5.74, 6) is 0.871. The molecule has 1 aliphatic heterocycles. The number of likely N-dealkylation sites (tertiary alicyclic amines) is 1. The highest BCUT2D eigenvalue weighted by molar-refractivity contribution is 4.93. The molecule has 3 N–H and O–H groups in total. The largest absolute Gasteiger partial charge is 0.395 e. The lowest BCUT2D eigenvalue weighted by Crippen LogP contribution is -2.53. The highest BCUT2D eigenvalue weighted by Crippen LogP contribution is 2.36. The second-order valence-corrected chi connectivity index (χ2v) is 6.19. The first-order valence-electron chi connectivity index (χ1n) is 7.90. The van der Waals surface area contributed by atoms with E-state index in [0.29, 0.717) is 6.04 Å². The molecule has 0 amide bonds. The first-order valence-corrected chi connectivity index (χ1v) is 7.90.